The number of hydrogen-bond acceptors (Lipinski definition) is 4. The summed E-state index contributed by atoms with van der Waals surface area (Å²) < 4.78 is 12.7. The number of carbonyl (C=O) groups is 1. The molecule has 1 aromatic carbocycles. The van der Waals surface area contributed by atoms with E-state index in [1.165, 1.54) is 0 Å². The molecule has 25 heavy (non-hydrogen) atoms. The van der Waals surface area contributed by atoms with Crippen LogP contribution in [0.15, 0.2) is 23.8 Å². The lowest BCUT2D eigenvalue weighted by Crippen LogP contribution is -2.19. The first-order chi connectivity index (χ1) is 11.9. The fraction of sp³-hybridized carbons (Fsp3) is 0.368. The molecule has 0 fully saturated rings. The molecular formula is C19H21ClN2O3. The Morgan fingerprint density at radius 2 is 2.20 bits per heavy atom. The molecule has 2 heterocycles. The van der Waals surface area contributed by atoms with Gasteiger partial charge in [0, 0.05) is 17.7 Å². The lowest BCUT2D eigenvalue weighted by atomic mass is 9.98. The Bertz CT molecular complexity index is 853. The predicted molar refractivity (Wildman–Crippen MR) is 97.6 cm³/mol. The van der Waals surface area contributed by atoms with Gasteiger partial charge in [0.1, 0.15) is 23.3 Å². The van der Waals surface area contributed by atoms with Crippen molar-refractivity contribution in [3.05, 3.63) is 45.7 Å². The molecule has 0 saturated carbocycles. The Morgan fingerprint density at radius 1 is 1.44 bits per heavy atom. The fourth-order valence-corrected chi connectivity index (χ4v) is 3.11. The van der Waals surface area contributed by atoms with Gasteiger partial charge in [-0.05, 0) is 37.1 Å². The van der Waals surface area contributed by atoms with Gasteiger partial charge >= 0.3 is 0 Å². The zero-order chi connectivity index (χ0) is 18.1. The molecule has 1 aliphatic heterocycles. The van der Waals surface area contributed by atoms with Gasteiger partial charge in [0.25, 0.3) is 0 Å². The second-order valence-electron chi connectivity index (χ2n) is 6.52. The van der Waals surface area contributed by atoms with Crippen molar-refractivity contribution in [2.45, 2.75) is 27.3 Å². The van der Waals surface area contributed by atoms with E-state index < -0.39 is 0 Å². The minimum absolute atomic E-state index is 0.0766. The van der Waals surface area contributed by atoms with Gasteiger partial charge in [0.15, 0.2) is 5.78 Å². The summed E-state index contributed by atoms with van der Waals surface area (Å²) in [5.74, 6) is 1.54. The molecule has 0 spiro atoms. The highest BCUT2D eigenvalue weighted by molar-refractivity contribution is 6.31. The molecule has 1 aromatic heterocycles. The zero-order valence-corrected chi connectivity index (χ0v) is 15.6. The van der Waals surface area contributed by atoms with Crippen LogP contribution in [0.5, 0.6) is 11.5 Å². The van der Waals surface area contributed by atoms with E-state index >= 15 is 0 Å². The summed E-state index contributed by atoms with van der Waals surface area (Å²) in [7, 11) is 1.57. The number of rotatable bonds is 4. The summed E-state index contributed by atoms with van der Waals surface area (Å²) >= 11 is 6.47. The SMILES string of the molecule is COc1ccc2c(c1)C(=O)C(=Cc1c(C)nn(CC(C)C)c1Cl)CO2. The summed E-state index contributed by atoms with van der Waals surface area (Å²) in [5, 5.41) is 5.02. The molecule has 0 bridgehead atoms. The number of fused-ring (bicyclic) bond motifs is 1. The predicted octanol–water partition coefficient (Wildman–Crippen LogP) is 4.17. The molecule has 0 radical (unpaired) electrons. The van der Waals surface area contributed by atoms with E-state index in [2.05, 4.69) is 18.9 Å². The van der Waals surface area contributed by atoms with E-state index in [0.717, 1.165) is 17.8 Å². The minimum atomic E-state index is -0.0766. The number of ketones is 1. The van der Waals surface area contributed by atoms with Gasteiger partial charge in [-0.2, -0.15) is 5.10 Å². The van der Waals surface area contributed by atoms with Crippen LogP contribution < -0.4 is 9.47 Å². The lowest BCUT2D eigenvalue weighted by molar-refractivity contribution is 0.100. The van der Waals surface area contributed by atoms with Crippen molar-refractivity contribution in [2.24, 2.45) is 5.92 Å². The number of aryl methyl sites for hydroxylation is 1. The molecule has 0 aliphatic carbocycles. The van der Waals surface area contributed by atoms with E-state index in [-0.39, 0.29) is 12.4 Å². The van der Waals surface area contributed by atoms with Gasteiger partial charge in [-0.15, -0.1) is 0 Å². The van der Waals surface area contributed by atoms with E-state index in [4.69, 9.17) is 21.1 Å². The molecule has 0 atom stereocenters. The number of benzene rings is 1. The van der Waals surface area contributed by atoms with Gasteiger partial charge in [-0.1, -0.05) is 25.4 Å². The van der Waals surface area contributed by atoms with Crippen molar-refractivity contribution in [3.8, 4) is 11.5 Å². The summed E-state index contributed by atoms with van der Waals surface area (Å²) in [5.41, 5.74) is 2.61. The van der Waals surface area contributed by atoms with Gasteiger partial charge in [0.05, 0.1) is 18.4 Å². The number of nitrogens with zero attached hydrogens (tertiary/aromatic N) is 2. The number of methoxy groups -OCH3 is 1. The van der Waals surface area contributed by atoms with Crippen LogP contribution in [0.1, 0.15) is 35.5 Å². The van der Waals surface area contributed by atoms with Crippen LogP contribution in [-0.2, 0) is 6.54 Å². The van der Waals surface area contributed by atoms with Crippen LogP contribution in [0.2, 0.25) is 5.15 Å². The quantitative estimate of drug-likeness (QED) is 0.768. The van der Waals surface area contributed by atoms with Crippen molar-refractivity contribution in [1.82, 2.24) is 9.78 Å². The van der Waals surface area contributed by atoms with Crippen molar-refractivity contribution in [2.75, 3.05) is 13.7 Å². The standard InChI is InChI=1S/C19H21ClN2O3/c1-11(2)9-22-19(20)15(12(3)21-22)7-13-10-25-17-6-5-14(24-4)8-16(17)18(13)23/h5-8,11H,9-10H2,1-4H3. The summed E-state index contributed by atoms with van der Waals surface area (Å²) in [6, 6.07) is 5.22. The number of aromatic nitrogens is 2. The average Bonchev–Trinajstić information content (AvgIpc) is 2.83. The van der Waals surface area contributed by atoms with Crippen LogP contribution in [0, 0.1) is 12.8 Å². The maximum atomic E-state index is 12.8. The van der Waals surface area contributed by atoms with Crippen LogP contribution in [0.3, 0.4) is 0 Å². The van der Waals surface area contributed by atoms with Crippen LogP contribution >= 0.6 is 11.6 Å². The fourth-order valence-electron chi connectivity index (χ4n) is 2.81. The van der Waals surface area contributed by atoms with Gasteiger partial charge in [0.2, 0.25) is 0 Å². The molecule has 0 saturated heterocycles. The molecule has 1 aliphatic rings. The second-order valence-corrected chi connectivity index (χ2v) is 6.87. The van der Waals surface area contributed by atoms with Gasteiger partial charge in [-0.3, -0.25) is 9.48 Å². The number of halogens is 1. The minimum Gasteiger partial charge on any atom is -0.497 e. The van der Waals surface area contributed by atoms with E-state index in [0.29, 0.717) is 33.7 Å². The van der Waals surface area contributed by atoms with Crippen molar-refractivity contribution in [3.63, 3.8) is 0 Å². The van der Waals surface area contributed by atoms with Crippen LogP contribution in [0.25, 0.3) is 6.08 Å². The van der Waals surface area contributed by atoms with Crippen molar-refractivity contribution >= 4 is 23.5 Å². The lowest BCUT2D eigenvalue weighted by Gasteiger charge is -2.19. The van der Waals surface area contributed by atoms with Crippen molar-refractivity contribution in [1.29, 1.82) is 0 Å². The normalized spacial score (nSPS) is 15.4. The van der Waals surface area contributed by atoms with Crippen molar-refractivity contribution < 1.29 is 14.3 Å². The Kier molecular flexibility index (Phi) is 4.86. The van der Waals surface area contributed by atoms with Gasteiger partial charge in [-0.25, -0.2) is 0 Å². The number of Topliss-reactive ketones (excluding diaryl/α,β-unsaturated/α-hetero) is 1. The first-order valence-electron chi connectivity index (χ1n) is 8.19. The molecule has 0 unspecified atom stereocenters. The highest BCUT2D eigenvalue weighted by Crippen LogP contribution is 2.32. The Balaban J connectivity index is 1.97. The molecule has 0 N–H and O–H groups in total. The molecule has 2 aromatic rings. The summed E-state index contributed by atoms with van der Waals surface area (Å²) in [4.78, 5) is 12.8. The van der Waals surface area contributed by atoms with Crippen LogP contribution in [-0.4, -0.2) is 29.3 Å². The van der Waals surface area contributed by atoms with E-state index in [1.807, 2.05) is 6.92 Å². The maximum absolute atomic E-state index is 12.8. The molecule has 5 nitrogen and oxygen atoms in total. The number of carbonyl (C=O) groups excluding carboxylic acids is 1. The molecule has 6 heteroatoms. The number of hydrogen-bond donors (Lipinski definition) is 0. The third-order valence-electron chi connectivity index (χ3n) is 4.07. The largest absolute Gasteiger partial charge is 0.497 e. The monoisotopic (exact) mass is 360 g/mol. The molecule has 0 amide bonds. The molecular weight excluding hydrogens is 340 g/mol. The summed E-state index contributed by atoms with van der Waals surface area (Å²) in [6.45, 7) is 7.04. The van der Waals surface area contributed by atoms with E-state index in [9.17, 15) is 4.79 Å². The highest BCUT2D eigenvalue weighted by atomic mass is 35.5. The Hall–Kier alpha value is -2.27. The Labute approximate surface area is 152 Å². The van der Waals surface area contributed by atoms with Gasteiger partial charge < -0.3 is 9.47 Å². The average molecular weight is 361 g/mol. The molecule has 132 valence electrons. The van der Waals surface area contributed by atoms with E-state index in [1.54, 1.807) is 36.1 Å². The number of ether oxygens (including phenoxy) is 2. The second kappa shape index (κ2) is 6.92. The summed E-state index contributed by atoms with van der Waals surface area (Å²) in [6.07, 6.45) is 1.78. The third-order valence-corrected chi connectivity index (χ3v) is 4.47. The first kappa shape index (κ1) is 17.5. The zero-order valence-electron chi connectivity index (χ0n) is 14.8. The first-order valence-corrected chi connectivity index (χ1v) is 8.57. The topological polar surface area (TPSA) is 53.3 Å². The molecule has 3 rings (SSSR count). The highest BCUT2D eigenvalue weighted by Gasteiger charge is 2.25. The van der Waals surface area contributed by atoms with Crippen LogP contribution in [0.4, 0.5) is 0 Å². The smallest absolute Gasteiger partial charge is 0.196 e. The third kappa shape index (κ3) is 3.42. The maximum Gasteiger partial charge on any atom is 0.196 e. The Morgan fingerprint density at radius 3 is 2.88 bits per heavy atom.